The third-order valence-corrected chi connectivity index (χ3v) is 10.4. The number of halogens is 2. The number of rotatable bonds is 4. The molecule has 0 spiro atoms. The molecule has 0 bridgehead atoms. The zero-order valence-electron chi connectivity index (χ0n) is 19.7. The van der Waals surface area contributed by atoms with E-state index in [1.807, 2.05) is 0 Å². The number of hydrogen-bond donors (Lipinski definition) is 1. The number of ketones is 1. The highest BCUT2D eigenvalue weighted by molar-refractivity contribution is 5.82. The summed E-state index contributed by atoms with van der Waals surface area (Å²) in [7, 11) is 0. The van der Waals surface area contributed by atoms with Crippen LogP contribution in [0.4, 0.5) is 8.78 Å². The average molecular weight is 473 g/mol. The summed E-state index contributed by atoms with van der Waals surface area (Å²) in [6.07, 6.45) is 7.96. The number of aliphatic hydroxyl groups is 1. The van der Waals surface area contributed by atoms with E-state index in [-0.39, 0.29) is 42.4 Å². The second-order valence-corrected chi connectivity index (χ2v) is 11.8. The number of carbonyl (C=O) groups excluding carboxylic acids is 1. The largest absolute Gasteiger partial charge is 0.384 e. The highest BCUT2D eigenvalue weighted by atomic mass is 19.3. The van der Waals surface area contributed by atoms with Crippen molar-refractivity contribution < 1.29 is 18.7 Å². The lowest BCUT2D eigenvalue weighted by atomic mass is 9.49. The minimum atomic E-state index is -2.65. The van der Waals surface area contributed by atoms with Crippen molar-refractivity contribution in [3.63, 3.8) is 0 Å². The molecule has 0 radical (unpaired) electrons. The Kier molecular flexibility index (Phi) is 5.32. The number of pyridine rings is 1. The average Bonchev–Trinajstić information content (AvgIpc) is 3.38. The minimum absolute atomic E-state index is 0.00239. The topological polar surface area (TPSA) is 80.9 Å². The zero-order chi connectivity index (χ0) is 23.7. The smallest absolute Gasteiger partial charge is 0.266 e. The second kappa shape index (κ2) is 8.04. The van der Waals surface area contributed by atoms with Crippen LogP contribution in [0.2, 0.25) is 0 Å². The van der Waals surface area contributed by atoms with E-state index in [0.29, 0.717) is 35.6 Å². The van der Waals surface area contributed by atoms with Gasteiger partial charge in [-0.2, -0.15) is 15.0 Å². The Labute approximate surface area is 198 Å². The summed E-state index contributed by atoms with van der Waals surface area (Å²) < 4.78 is 26.9. The van der Waals surface area contributed by atoms with Crippen LogP contribution in [0.3, 0.4) is 0 Å². The molecule has 2 aromatic rings. The zero-order valence-corrected chi connectivity index (χ0v) is 19.7. The predicted octanol–water partition coefficient (Wildman–Crippen LogP) is 4.66. The molecule has 8 atom stereocenters. The second-order valence-electron chi connectivity index (χ2n) is 11.8. The van der Waals surface area contributed by atoms with Crippen molar-refractivity contribution in [2.24, 2.45) is 40.9 Å². The summed E-state index contributed by atoms with van der Waals surface area (Å²) in [5, 5.41) is 19.3. The molecular weight excluding hydrogens is 438 g/mol. The van der Waals surface area contributed by atoms with Gasteiger partial charge < -0.3 is 5.11 Å². The van der Waals surface area contributed by atoms with Crippen LogP contribution in [0.1, 0.15) is 64.7 Å². The normalized spacial score (nSPS) is 41.8. The lowest BCUT2D eigenvalue weighted by Crippen LogP contribution is -2.53. The van der Waals surface area contributed by atoms with E-state index in [1.165, 1.54) is 4.80 Å². The van der Waals surface area contributed by atoms with Crippen molar-refractivity contribution in [1.82, 2.24) is 20.0 Å². The van der Waals surface area contributed by atoms with E-state index in [9.17, 15) is 18.7 Å². The third-order valence-electron chi connectivity index (χ3n) is 10.4. The standard InChI is InChI=1S/C26H34F2N4O2/c1-25-9-6-17-16-7-10-26(34,24(27)28)12-15(16)2-3-18(17)19(25)4-5-20(25)23(33)14-32-30-21-8-11-29-13-22(21)31-32/h8,11,13,15-20,24,34H,2-7,9-10,12,14H2,1H3/t15-,16+,17-,18?,19+,20-,25+,26-/m1/s1. The van der Waals surface area contributed by atoms with Crippen LogP contribution in [0, 0.1) is 40.9 Å². The van der Waals surface area contributed by atoms with Crippen LogP contribution in [0.5, 0.6) is 0 Å². The van der Waals surface area contributed by atoms with E-state index in [1.54, 1.807) is 18.5 Å². The third kappa shape index (κ3) is 3.42. The van der Waals surface area contributed by atoms with Crippen LogP contribution in [-0.2, 0) is 11.3 Å². The van der Waals surface area contributed by atoms with Gasteiger partial charge in [0.25, 0.3) is 6.43 Å². The molecule has 4 aliphatic rings. The molecule has 2 heterocycles. The van der Waals surface area contributed by atoms with Crippen molar-refractivity contribution >= 4 is 16.8 Å². The van der Waals surface area contributed by atoms with Gasteiger partial charge in [0.15, 0.2) is 5.78 Å². The van der Waals surface area contributed by atoms with Gasteiger partial charge in [-0.25, -0.2) is 8.78 Å². The molecule has 4 fully saturated rings. The van der Waals surface area contributed by atoms with Crippen LogP contribution >= 0.6 is 0 Å². The van der Waals surface area contributed by atoms with E-state index in [2.05, 4.69) is 22.1 Å². The highest BCUT2D eigenvalue weighted by Gasteiger charge is 2.59. The molecule has 6 nitrogen and oxygen atoms in total. The first-order valence-corrected chi connectivity index (χ1v) is 13.0. The van der Waals surface area contributed by atoms with Crippen molar-refractivity contribution in [2.45, 2.75) is 83.3 Å². The number of hydrogen-bond acceptors (Lipinski definition) is 5. The van der Waals surface area contributed by atoms with Crippen LogP contribution in [0.15, 0.2) is 18.5 Å². The fourth-order valence-corrected chi connectivity index (χ4v) is 8.77. The number of Topliss-reactive ketones (excluding diaryl/α,β-unsaturated/α-hetero) is 1. The van der Waals surface area contributed by atoms with Gasteiger partial charge >= 0.3 is 0 Å². The maximum absolute atomic E-state index is 13.5. The summed E-state index contributed by atoms with van der Waals surface area (Å²) in [5.41, 5.74) is -0.336. The molecule has 1 unspecified atom stereocenters. The Morgan fingerprint density at radius 1 is 1.09 bits per heavy atom. The van der Waals surface area contributed by atoms with Crippen LogP contribution < -0.4 is 0 Å². The molecule has 0 aromatic carbocycles. The van der Waals surface area contributed by atoms with Gasteiger partial charge in [-0.15, -0.1) is 0 Å². The number of nitrogens with zero attached hydrogens (tertiary/aromatic N) is 4. The Morgan fingerprint density at radius 2 is 1.88 bits per heavy atom. The van der Waals surface area contributed by atoms with Gasteiger partial charge in [-0.1, -0.05) is 6.92 Å². The van der Waals surface area contributed by atoms with E-state index >= 15 is 0 Å². The Bertz CT molecular complexity index is 1060. The Morgan fingerprint density at radius 3 is 2.68 bits per heavy atom. The molecule has 0 amide bonds. The highest BCUT2D eigenvalue weighted by Crippen LogP contribution is 2.65. The summed E-state index contributed by atoms with van der Waals surface area (Å²) in [6, 6.07) is 1.81. The van der Waals surface area contributed by atoms with Gasteiger partial charge in [0.2, 0.25) is 0 Å². The fourth-order valence-electron chi connectivity index (χ4n) is 8.77. The molecule has 4 aliphatic carbocycles. The quantitative estimate of drug-likeness (QED) is 0.700. The van der Waals surface area contributed by atoms with Crippen LogP contribution in [-0.4, -0.2) is 42.9 Å². The van der Waals surface area contributed by atoms with E-state index < -0.39 is 12.0 Å². The van der Waals surface area contributed by atoms with Crippen molar-refractivity contribution in [3.05, 3.63) is 18.5 Å². The van der Waals surface area contributed by atoms with Crippen molar-refractivity contribution in [3.8, 4) is 0 Å². The molecule has 1 N–H and O–H groups in total. The first-order chi connectivity index (χ1) is 16.3. The number of carbonyl (C=O) groups is 1. The number of alkyl halides is 2. The minimum Gasteiger partial charge on any atom is -0.384 e. The molecule has 4 saturated carbocycles. The summed E-state index contributed by atoms with van der Waals surface area (Å²) in [4.78, 5) is 19.1. The molecule has 8 heteroatoms. The fraction of sp³-hybridized carbons (Fsp3) is 0.769. The lowest BCUT2D eigenvalue weighted by Gasteiger charge is -2.57. The molecule has 0 saturated heterocycles. The maximum Gasteiger partial charge on any atom is 0.266 e. The van der Waals surface area contributed by atoms with Gasteiger partial charge in [-0.05, 0) is 98.9 Å². The SMILES string of the molecule is C[C@]12CC[C@H]3C(CC[C@@H]4C[C@@](O)(C(F)F)CC[C@@H]43)[C@@H]1CC[C@@H]2C(=O)Cn1nc2ccncc2n1. The molecule has 0 aliphatic heterocycles. The van der Waals surface area contributed by atoms with Crippen LogP contribution in [0.25, 0.3) is 11.0 Å². The molecule has 6 rings (SSSR count). The van der Waals surface area contributed by atoms with Gasteiger partial charge in [0, 0.05) is 12.1 Å². The van der Waals surface area contributed by atoms with E-state index in [0.717, 1.165) is 44.0 Å². The first-order valence-electron chi connectivity index (χ1n) is 13.0. The van der Waals surface area contributed by atoms with Crippen molar-refractivity contribution in [1.29, 1.82) is 0 Å². The summed E-state index contributed by atoms with van der Waals surface area (Å²) in [6.45, 7) is 2.52. The van der Waals surface area contributed by atoms with Crippen molar-refractivity contribution in [2.75, 3.05) is 0 Å². The Balaban J connectivity index is 1.17. The Hall–Kier alpha value is -1.96. The van der Waals surface area contributed by atoms with Gasteiger partial charge in [0.1, 0.15) is 23.2 Å². The lowest BCUT2D eigenvalue weighted by molar-refractivity contribution is -0.160. The van der Waals surface area contributed by atoms with E-state index in [4.69, 9.17) is 0 Å². The molecular formula is C26H34F2N4O2. The summed E-state index contributed by atoms with van der Waals surface area (Å²) >= 11 is 0. The predicted molar refractivity (Wildman–Crippen MR) is 122 cm³/mol. The maximum atomic E-state index is 13.5. The summed E-state index contributed by atoms with van der Waals surface area (Å²) in [5.74, 6) is 2.57. The van der Waals surface area contributed by atoms with Gasteiger partial charge in [0.05, 0.1) is 6.20 Å². The molecule has 2 aromatic heterocycles. The van der Waals surface area contributed by atoms with Gasteiger partial charge in [-0.3, -0.25) is 9.78 Å². The number of fused-ring (bicyclic) bond motifs is 6. The monoisotopic (exact) mass is 472 g/mol. The number of aromatic nitrogens is 4. The first kappa shape index (κ1) is 22.5. The molecule has 34 heavy (non-hydrogen) atoms. The molecule has 184 valence electrons.